The van der Waals surface area contributed by atoms with Gasteiger partial charge in [0.25, 0.3) is 5.91 Å². The lowest BCUT2D eigenvalue weighted by Gasteiger charge is -2.34. The summed E-state index contributed by atoms with van der Waals surface area (Å²) in [6.45, 7) is 5.39. The molecule has 0 N–H and O–H groups in total. The summed E-state index contributed by atoms with van der Waals surface area (Å²) in [6.07, 6.45) is 0.571. The first-order valence-electron chi connectivity index (χ1n) is 8.93. The third-order valence-corrected chi connectivity index (χ3v) is 4.80. The molecule has 3 rings (SSSR count). The number of nitrogens with zero attached hydrogens (tertiary/aromatic N) is 2. The predicted molar refractivity (Wildman–Crippen MR) is 95.3 cm³/mol. The Kier molecular flexibility index (Phi) is 5.58. The Morgan fingerprint density at radius 2 is 1.67 bits per heavy atom. The number of piperazine rings is 1. The molecule has 0 atom stereocenters. The van der Waals surface area contributed by atoms with E-state index in [-0.39, 0.29) is 18.2 Å². The van der Waals surface area contributed by atoms with Crippen molar-refractivity contribution in [3.05, 3.63) is 58.5 Å². The van der Waals surface area contributed by atoms with E-state index in [4.69, 9.17) is 4.42 Å². The van der Waals surface area contributed by atoms with E-state index in [2.05, 4.69) is 0 Å². The largest absolute Gasteiger partial charge is 0.466 e. The Balaban J connectivity index is 1.51. The fourth-order valence-electron chi connectivity index (χ4n) is 3.28. The Bertz CT molecular complexity index is 855. The molecule has 27 heavy (non-hydrogen) atoms. The Labute approximate surface area is 156 Å². The van der Waals surface area contributed by atoms with Gasteiger partial charge in [0.15, 0.2) is 11.6 Å². The highest BCUT2D eigenvalue weighted by Gasteiger charge is 2.26. The molecule has 5 nitrogen and oxygen atoms in total. The van der Waals surface area contributed by atoms with Crippen molar-refractivity contribution in [3.63, 3.8) is 0 Å². The van der Waals surface area contributed by atoms with Crippen LogP contribution in [0.25, 0.3) is 0 Å². The van der Waals surface area contributed by atoms with Crippen LogP contribution in [0.5, 0.6) is 0 Å². The van der Waals surface area contributed by atoms with Gasteiger partial charge in [0.05, 0.1) is 5.56 Å². The molecule has 144 valence electrons. The van der Waals surface area contributed by atoms with E-state index in [1.54, 1.807) is 29.7 Å². The van der Waals surface area contributed by atoms with Crippen molar-refractivity contribution >= 4 is 11.8 Å². The molecule has 1 aromatic heterocycles. The zero-order chi connectivity index (χ0) is 19.6. The summed E-state index contributed by atoms with van der Waals surface area (Å²) in [5.74, 6) is -0.643. The number of furan rings is 1. The van der Waals surface area contributed by atoms with Gasteiger partial charge in [-0.15, -0.1) is 0 Å². The lowest BCUT2D eigenvalue weighted by molar-refractivity contribution is -0.132. The van der Waals surface area contributed by atoms with E-state index in [0.29, 0.717) is 55.2 Å². The van der Waals surface area contributed by atoms with Crippen LogP contribution in [-0.2, 0) is 11.2 Å². The van der Waals surface area contributed by atoms with Gasteiger partial charge in [-0.05, 0) is 44.0 Å². The van der Waals surface area contributed by atoms with Crippen LogP contribution in [0.1, 0.15) is 33.9 Å². The number of hydrogen-bond donors (Lipinski definition) is 0. The molecule has 0 unspecified atom stereocenters. The number of rotatable bonds is 4. The molecule has 2 aromatic rings. The van der Waals surface area contributed by atoms with Crippen LogP contribution in [0.4, 0.5) is 8.78 Å². The lowest BCUT2D eigenvalue weighted by Crippen LogP contribution is -2.50. The predicted octanol–water partition coefficient (Wildman–Crippen LogP) is 3.09. The molecule has 1 fully saturated rings. The molecule has 1 saturated heterocycles. The summed E-state index contributed by atoms with van der Waals surface area (Å²) in [6, 6.07) is 5.40. The molecule has 7 heteroatoms. The summed E-state index contributed by atoms with van der Waals surface area (Å²) < 4.78 is 31.6. The maximum Gasteiger partial charge on any atom is 0.257 e. The van der Waals surface area contributed by atoms with Gasteiger partial charge < -0.3 is 14.2 Å². The van der Waals surface area contributed by atoms with Crippen molar-refractivity contribution in [2.24, 2.45) is 0 Å². The number of hydrogen-bond acceptors (Lipinski definition) is 3. The second kappa shape index (κ2) is 7.90. The minimum atomic E-state index is -0.906. The van der Waals surface area contributed by atoms with Crippen molar-refractivity contribution in [3.8, 4) is 0 Å². The van der Waals surface area contributed by atoms with Gasteiger partial charge in [0, 0.05) is 32.6 Å². The Morgan fingerprint density at radius 3 is 2.26 bits per heavy atom. The molecule has 2 heterocycles. The SMILES string of the molecule is Cc1cc(C(=O)N2CCN(C(=O)CCc3ccc(F)c(F)c3)CC2)c(C)o1. The van der Waals surface area contributed by atoms with Crippen molar-refractivity contribution in [1.82, 2.24) is 9.80 Å². The number of halogens is 2. The lowest BCUT2D eigenvalue weighted by atomic mass is 10.1. The van der Waals surface area contributed by atoms with Crippen LogP contribution in [0.2, 0.25) is 0 Å². The number of carbonyl (C=O) groups is 2. The number of carbonyl (C=O) groups excluding carboxylic acids is 2. The zero-order valence-electron chi connectivity index (χ0n) is 15.4. The third kappa shape index (κ3) is 4.35. The zero-order valence-corrected chi connectivity index (χ0v) is 15.4. The van der Waals surface area contributed by atoms with Crippen molar-refractivity contribution < 1.29 is 22.8 Å². The van der Waals surface area contributed by atoms with E-state index >= 15 is 0 Å². The highest BCUT2D eigenvalue weighted by Crippen LogP contribution is 2.18. The second-order valence-corrected chi connectivity index (χ2v) is 6.75. The van der Waals surface area contributed by atoms with Gasteiger partial charge in [-0.1, -0.05) is 6.07 Å². The van der Waals surface area contributed by atoms with Gasteiger partial charge in [0.2, 0.25) is 5.91 Å². The molecule has 2 amide bonds. The fourth-order valence-corrected chi connectivity index (χ4v) is 3.28. The first-order valence-corrected chi connectivity index (χ1v) is 8.93. The smallest absolute Gasteiger partial charge is 0.257 e. The molecule has 1 aliphatic heterocycles. The summed E-state index contributed by atoms with van der Waals surface area (Å²) in [5.41, 5.74) is 1.15. The molecule has 0 aliphatic carbocycles. The maximum atomic E-state index is 13.2. The quantitative estimate of drug-likeness (QED) is 0.824. The average Bonchev–Trinajstić information content (AvgIpc) is 3.00. The van der Waals surface area contributed by atoms with Gasteiger partial charge in [0.1, 0.15) is 11.5 Å². The van der Waals surface area contributed by atoms with Crippen LogP contribution in [0.15, 0.2) is 28.7 Å². The Morgan fingerprint density at radius 1 is 1.00 bits per heavy atom. The summed E-state index contributed by atoms with van der Waals surface area (Å²) in [4.78, 5) is 28.4. The first-order chi connectivity index (χ1) is 12.8. The van der Waals surface area contributed by atoms with Gasteiger partial charge >= 0.3 is 0 Å². The minimum absolute atomic E-state index is 0.0535. The van der Waals surface area contributed by atoms with Gasteiger partial charge in [-0.2, -0.15) is 0 Å². The van der Waals surface area contributed by atoms with Crippen molar-refractivity contribution in [1.29, 1.82) is 0 Å². The van der Waals surface area contributed by atoms with Crippen molar-refractivity contribution in [2.45, 2.75) is 26.7 Å². The van der Waals surface area contributed by atoms with E-state index < -0.39 is 11.6 Å². The van der Waals surface area contributed by atoms with Crippen LogP contribution < -0.4 is 0 Å². The normalized spacial score (nSPS) is 14.5. The minimum Gasteiger partial charge on any atom is -0.466 e. The number of amides is 2. The highest BCUT2D eigenvalue weighted by molar-refractivity contribution is 5.95. The third-order valence-electron chi connectivity index (χ3n) is 4.80. The average molecular weight is 376 g/mol. The standard InChI is InChI=1S/C20H22F2N2O3/c1-13-11-16(14(2)27-13)20(26)24-9-7-23(8-10-24)19(25)6-4-15-3-5-17(21)18(22)12-15/h3,5,11-12H,4,6-10H2,1-2H3. The summed E-state index contributed by atoms with van der Waals surface area (Å²) in [5, 5.41) is 0. The van der Waals surface area contributed by atoms with Crippen LogP contribution in [-0.4, -0.2) is 47.8 Å². The monoisotopic (exact) mass is 376 g/mol. The molecule has 0 spiro atoms. The van der Waals surface area contributed by atoms with E-state index in [1.807, 2.05) is 0 Å². The molecular weight excluding hydrogens is 354 g/mol. The topological polar surface area (TPSA) is 53.8 Å². The van der Waals surface area contributed by atoms with Gasteiger partial charge in [-0.25, -0.2) is 8.78 Å². The molecule has 0 saturated carbocycles. The first kappa shape index (κ1) is 19.1. The fraction of sp³-hybridized carbons (Fsp3) is 0.400. The second-order valence-electron chi connectivity index (χ2n) is 6.75. The van der Waals surface area contributed by atoms with Crippen LogP contribution >= 0.6 is 0 Å². The Hall–Kier alpha value is -2.70. The van der Waals surface area contributed by atoms with Crippen LogP contribution in [0.3, 0.4) is 0 Å². The van der Waals surface area contributed by atoms with E-state index in [9.17, 15) is 18.4 Å². The molecule has 1 aromatic carbocycles. The summed E-state index contributed by atoms with van der Waals surface area (Å²) >= 11 is 0. The molecule has 1 aliphatic rings. The van der Waals surface area contributed by atoms with E-state index in [1.165, 1.54) is 6.07 Å². The van der Waals surface area contributed by atoms with Crippen molar-refractivity contribution in [2.75, 3.05) is 26.2 Å². The number of aryl methyl sites for hydroxylation is 3. The molecular formula is C20H22F2N2O3. The highest BCUT2D eigenvalue weighted by atomic mass is 19.2. The van der Waals surface area contributed by atoms with E-state index in [0.717, 1.165) is 12.1 Å². The maximum absolute atomic E-state index is 13.2. The van der Waals surface area contributed by atoms with Crippen LogP contribution in [0, 0.1) is 25.5 Å². The number of benzene rings is 1. The molecule has 0 radical (unpaired) electrons. The van der Waals surface area contributed by atoms with Gasteiger partial charge in [-0.3, -0.25) is 9.59 Å². The summed E-state index contributed by atoms with van der Waals surface area (Å²) in [7, 11) is 0. The molecule has 0 bridgehead atoms.